The molecule has 0 aromatic heterocycles. The lowest BCUT2D eigenvalue weighted by Gasteiger charge is -2.44. The molecule has 0 atom stereocenters. The lowest BCUT2D eigenvalue weighted by atomic mass is 10.0. The Labute approximate surface area is 176 Å². The van der Waals surface area contributed by atoms with Crippen molar-refractivity contribution < 1.29 is 9.59 Å². The van der Waals surface area contributed by atoms with Crippen LogP contribution in [0.3, 0.4) is 0 Å². The quantitative estimate of drug-likeness (QED) is 0.794. The van der Waals surface area contributed by atoms with Gasteiger partial charge in [-0.05, 0) is 50.5 Å². The highest BCUT2D eigenvalue weighted by atomic mass is 32.2. The number of benzene rings is 2. The van der Waals surface area contributed by atoms with Crippen LogP contribution in [0.15, 0.2) is 48.5 Å². The minimum Gasteiger partial charge on any atom is -0.324 e. The van der Waals surface area contributed by atoms with Crippen molar-refractivity contribution in [2.24, 2.45) is 0 Å². The number of rotatable bonds is 2. The normalized spacial score (nSPS) is 18.1. The highest BCUT2D eigenvalue weighted by molar-refractivity contribution is 8.00. The molecule has 0 bridgehead atoms. The number of hydrogen-bond donors (Lipinski definition) is 1. The zero-order valence-electron chi connectivity index (χ0n) is 17.0. The Bertz CT molecular complexity index is 908. The summed E-state index contributed by atoms with van der Waals surface area (Å²) in [6, 6.07) is 15.5. The van der Waals surface area contributed by atoms with Gasteiger partial charge in [0.2, 0.25) is 0 Å². The van der Waals surface area contributed by atoms with Gasteiger partial charge in [-0.25, -0.2) is 4.79 Å². The maximum atomic E-state index is 13.1. The summed E-state index contributed by atoms with van der Waals surface area (Å²) < 4.78 is 0. The number of piperidine rings is 1. The van der Waals surface area contributed by atoms with Gasteiger partial charge < -0.3 is 15.1 Å². The maximum absolute atomic E-state index is 13.1. The zero-order valence-corrected chi connectivity index (χ0v) is 17.8. The maximum Gasteiger partial charge on any atom is 0.321 e. The van der Waals surface area contributed by atoms with Crippen LogP contribution < -0.4 is 5.32 Å². The first-order chi connectivity index (χ1) is 14.0. The molecule has 2 fully saturated rings. The predicted octanol–water partition coefficient (Wildman–Crippen LogP) is 4.52. The molecule has 2 saturated heterocycles. The molecule has 5 nitrogen and oxygen atoms in total. The van der Waals surface area contributed by atoms with Crippen molar-refractivity contribution in [3.8, 4) is 0 Å². The molecule has 0 saturated carbocycles. The van der Waals surface area contributed by atoms with Crippen molar-refractivity contribution in [2.75, 3.05) is 30.7 Å². The third-order valence-electron chi connectivity index (χ3n) is 5.90. The Balaban J connectivity index is 1.41. The van der Waals surface area contributed by atoms with Gasteiger partial charge in [0, 0.05) is 36.6 Å². The monoisotopic (exact) mass is 409 g/mol. The number of hydrogen-bond acceptors (Lipinski definition) is 3. The number of nitrogens with zero attached hydrogens (tertiary/aromatic N) is 2. The fourth-order valence-corrected chi connectivity index (χ4v) is 5.71. The van der Waals surface area contributed by atoms with Gasteiger partial charge in [-0.2, -0.15) is 0 Å². The van der Waals surface area contributed by atoms with Crippen molar-refractivity contribution in [2.45, 2.75) is 31.6 Å². The van der Waals surface area contributed by atoms with Gasteiger partial charge in [-0.3, -0.25) is 4.79 Å². The molecule has 29 heavy (non-hydrogen) atoms. The molecular formula is C23H27N3O2S. The van der Waals surface area contributed by atoms with Crippen molar-refractivity contribution in [3.63, 3.8) is 0 Å². The Morgan fingerprint density at radius 1 is 1.00 bits per heavy atom. The molecule has 2 aliphatic rings. The number of amides is 3. The fraction of sp³-hybridized carbons (Fsp3) is 0.391. The first kappa shape index (κ1) is 19.8. The molecule has 0 unspecified atom stereocenters. The van der Waals surface area contributed by atoms with Crippen LogP contribution in [0.1, 0.15) is 34.3 Å². The average Bonchev–Trinajstić information content (AvgIpc) is 3.13. The van der Waals surface area contributed by atoms with Gasteiger partial charge in [0.05, 0.1) is 4.87 Å². The molecule has 1 N–H and O–H groups in total. The van der Waals surface area contributed by atoms with E-state index in [0.717, 1.165) is 42.0 Å². The van der Waals surface area contributed by atoms with Gasteiger partial charge >= 0.3 is 6.03 Å². The lowest BCUT2D eigenvalue weighted by molar-refractivity contribution is 0.0585. The number of carbonyl (C=O) groups is 2. The Hall–Kier alpha value is -2.47. The average molecular weight is 410 g/mol. The van der Waals surface area contributed by atoms with Crippen LogP contribution in [-0.4, -0.2) is 52.0 Å². The van der Waals surface area contributed by atoms with E-state index in [2.05, 4.69) is 11.4 Å². The van der Waals surface area contributed by atoms with E-state index in [4.69, 9.17) is 0 Å². The van der Waals surface area contributed by atoms with E-state index in [1.807, 2.05) is 77.9 Å². The molecule has 152 valence electrons. The Morgan fingerprint density at radius 3 is 2.41 bits per heavy atom. The number of likely N-dealkylation sites (tertiary alicyclic amines) is 1. The largest absolute Gasteiger partial charge is 0.324 e. The zero-order chi connectivity index (χ0) is 20.4. The fourth-order valence-electron chi connectivity index (χ4n) is 4.25. The molecule has 3 amide bonds. The standard InChI is InChI=1S/C23H27N3O2S/c1-17-8-9-20(18(2)16-17)24-22(28)25-12-10-23(11-13-25)26(14-15-29-23)21(27)19-6-4-3-5-7-19/h3-9,16H,10-15H2,1-2H3,(H,24,28). The van der Waals surface area contributed by atoms with Gasteiger partial charge in [0.1, 0.15) is 0 Å². The van der Waals surface area contributed by atoms with Crippen LogP contribution in [-0.2, 0) is 0 Å². The van der Waals surface area contributed by atoms with Crippen LogP contribution in [0.5, 0.6) is 0 Å². The number of anilines is 1. The minimum absolute atomic E-state index is 0.0595. The van der Waals surface area contributed by atoms with E-state index < -0.39 is 0 Å². The summed E-state index contributed by atoms with van der Waals surface area (Å²) >= 11 is 1.87. The van der Waals surface area contributed by atoms with Crippen LogP contribution >= 0.6 is 11.8 Å². The number of nitrogens with one attached hydrogen (secondary N) is 1. The second kappa shape index (κ2) is 8.11. The third-order valence-corrected chi connectivity index (χ3v) is 7.45. The summed E-state index contributed by atoms with van der Waals surface area (Å²) in [6.07, 6.45) is 1.60. The van der Waals surface area contributed by atoms with Crippen molar-refractivity contribution in [1.29, 1.82) is 0 Å². The summed E-state index contributed by atoms with van der Waals surface area (Å²) in [5.41, 5.74) is 3.85. The van der Waals surface area contributed by atoms with Crippen LogP contribution in [0, 0.1) is 13.8 Å². The van der Waals surface area contributed by atoms with E-state index in [9.17, 15) is 9.59 Å². The van der Waals surface area contributed by atoms with Gasteiger partial charge in [0.15, 0.2) is 0 Å². The highest BCUT2D eigenvalue weighted by Gasteiger charge is 2.47. The molecule has 2 heterocycles. The number of thioether (sulfide) groups is 1. The number of urea groups is 1. The summed E-state index contributed by atoms with van der Waals surface area (Å²) in [5, 5.41) is 3.05. The second-order valence-electron chi connectivity index (χ2n) is 7.85. The van der Waals surface area contributed by atoms with Crippen LogP contribution in [0.25, 0.3) is 0 Å². The minimum atomic E-state index is -0.191. The molecule has 0 aliphatic carbocycles. The summed E-state index contributed by atoms with van der Waals surface area (Å²) in [4.78, 5) is 29.5. The van der Waals surface area contributed by atoms with Gasteiger partial charge in [0.25, 0.3) is 5.91 Å². The lowest BCUT2D eigenvalue weighted by Crippen LogP contribution is -2.54. The number of aryl methyl sites for hydroxylation is 2. The third kappa shape index (κ3) is 3.99. The van der Waals surface area contributed by atoms with Crippen molar-refractivity contribution >= 4 is 29.4 Å². The van der Waals surface area contributed by atoms with E-state index in [1.165, 1.54) is 5.56 Å². The molecule has 4 rings (SSSR count). The molecule has 2 aromatic rings. The van der Waals surface area contributed by atoms with Gasteiger partial charge in [-0.1, -0.05) is 35.9 Å². The first-order valence-corrected chi connectivity index (χ1v) is 11.1. The van der Waals surface area contributed by atoms with Crippen LogP contribution in [0.4, 0.5) is 10.5 Å². The van der Waals surface area contributed by atoms with Crippen molar-refractivity contribution in [3.05, 3.63) is 65.2 Å². The van der Waals surface area contributed by atoms with Crippen molar-refractivity contribution in [1.82, 2.24) is 9.80 Å². The van der Waals surface area contributed by atoms with Crippen LogP contribution in [0.2, 0.25) is 0 Å². The molecule has 0 radical (unpaired) electrons. The second-order valence-corrected chi connectivity index (χ2v) is 9.31. The number of carbonyl (C=O) groups excluding carboxylic acids is 2. The molecule has 2 aromatic carbocycles. The van der Waals surface area contributed by atoms with E-state index in [1.54, 1.807) is 0 Å². The van der Waals surface area contributed by atoms with E-state index in [-0.39, 0.29) is 16.8 Å². The predicted molar refractivity (Wildman–Crippen MR) is 118 cm³/mol. The Kier molecular flexibility index (Phi) is 5.54. The first-order valence-electron chi connectivity index (χ1n) is 10.1. The summed E-state index contributed by atoms with van der Waals surface area (Å²) in [5.74, 6) is 1.05. The highest BCUT2D eigenvalue weighted by Crippen LogP contribution is 2.44. The SMILES string of the molecule is Cc1ccc(NC(=O)N2CCC3(CC2)SCCN3C(=O)c2ccccc2)c(C)c1. The molecule has 2 aliphatic heterocycles. The van der Waals surface area contributed by atoms with Gasteiger partial charge in [-0.15, -0.1) is 11.8 Å². The summed E-state index contributed by atoms with van der Waals surface area (Å²) in [7, 11) is 0. The molecule has 6 heteroatoms. The Morgan fingerprint density at radius 2 is 1.72 bits per heavy atom. The molecule has 1 spiro atoms. The molecular weight excluding hydrogens is 382 g/mol. The summed E-state index contributed by atoms with van der Waals surface area (Å²) in [6.45, 7) is 6.14. The smallest absolute Gasteiger partial charge is 0.321 e. The topological polar surface area (TPSA) is 52.7 Å². The van der Waals surface area contributed by atoms with E-state index in [0.29, 0.717) is 13.1 Å². The van der Waals surface area contributed by atoms with E-state index >= 15 is 0 Å².